The van der Waals surface area contributed by atoms with Crippen molar-refractivity contribution in [2.45, 2.75) is 13.8 Å². The van der Waals surface area contributed by atoms with Gasteiger partial charge in [-0.3, -0.25) is 10.3 Å². The summed E-state index contributed by atoms with van der Waals surface area (Å²) in [6.07, 6.45) is -0.632. The molecule has 156 valence electrons. The zero-order valence-corrected chi connectivity index (χ0v) is 17.9. The van der Waals surface area contributed by atoms with E-state index in [0.29, 0.717) is 16.5 Å². The van der Waals surface area contributed by atoms with Crippen molar-refractivity contribution in [1.82, 2.24) is 5.48 Å². The fraction of sp³-hybridized carbons (Fsp3) is 0.125. The normalized spacial score (nSPS) is 12.7. The van der Waals surface area contributed by atoms with E-state index in [4.69, 9.17) is 21.4 Å². The van der Waals surface area contributed by atoms with E-state index >= 15 is 0 Å². The van der Waals surface area contributed by atoms with Gasteiger partial charge in [-0.2, -0.15) is 0 Å². The van der Waals surface area contributed by atoms with Crippen LogP contribution in [0, 0.1) is 13.8 Å². The van der Waals surface area contributed by atoms with Crippen LogP contribution in [0.25, 0.3) is 0 Å². The maximum absolute atomic E-state index is 12.3. The first-order valence-electron chi connectivity index (χ1n) is 9.78. The van der Waals surface area contributed by atoms with Gasteiger partial charge in [-0.15, -0.1) is 0 Å². The van der Waals surface area contributed by atoms with Gasteiger partial charge in [0.1, 0.15) is 6.54 Å². The van der Waals surface area contributed by atoms with Crippen LogP contribution in [0.1, 0.15) is 22.3 Å². The van der Waals surface area contributed by atoms with E-state index in [1.54, 1.807) is 6.07 Å². The maximum atomic E-state index is 12.3. The molecule has 0 fully saturated rings. The Morgan fingerprint density at radius 3 is 2.48 bits per heavy atom. The Balaban J connectivity index is 1.54. The van der Waals surface area contributed by atoms with Gasteiger partial charge in [0.05, 0.1) is 11.4 Å². The Morgan fingerprint density at radius 1 is 1.00 bits per heavy atom. The lowest BCUT2D eigenvalue weighted by Gasteiger charge is -2.12. The molecule has 4 rings (SSSR count). The minimum atomic E-state index is -0.632. The number of aliphatic imine (C=N–C) groups is 2. The third-order valence-electron chi connectivity index (χ3n) is 4.87. The predicted molar refractivity (Wildman–Crippen MR) is 125 cm³/mol. The molecule has 2 N–H and O–H groups in total. The average molecular weight is 433 g/mol. The van der Waals surface area contributed by atoms with Crippen LogP contribution in [0.4, 0.5) is 16.2 Å². The predicted octanol–water partition coefficient (Wildman–Crippen LogP) is 5.59. The Kier molecular flexibility index (Phi) is 6.00. The molecule has 0 atom stereocenters. The van der Waals surface area contributed by atoms with E-state index in [1.807, 2.05) is 74.5 Å². The molecule has 31 heavy (non-hydrogen) atoms. The molecule has 0 saturated carbocycles. The van der Waals surface area contributed by atoms with Gasteiger partial charge >= 0.3 is 6.09 Å². The zero-order valence-electron chi connectivity index (χ0n) is 17.1. The van der Waals surface area contributed by atoms with Gasteiger partial charge < -0.3 is 4.84 Å². The summed E-state index contributed by atoms with van der Waals surface area (Å²) in [6, 6.07) is 21.0. The second kappa shape index (κ2) is 9.02. The van der Waals surface area contributed by atoms with Gasteiger partial charge in [0.15, 0.2) is 5.84 Å². The van der Waals surface area contributed by atoms with E-state index in [-0.39, 0.29) is 6.54 Å². The molecule has 0 spiro atoms. The van der Waals surface area contributed by atoms with E-state index in [2.05, 4.69) is 15.8 Å². The molecule has 0 radical (unpaired) electrons. The highest BCUT2D eigenvalue weighted by atomic mass is 35.5. The number of carbonyl (C=O) groups is 1. The van der Waals surface area contributed by atoms with Crippen LogP contribution in [-0.4, -0.2) is 24.2 Å². The number of para-hydroxylation sites is 1. The fourth-order valence-corrected chi connectivity index (χ4v) is 3.53. The van der Waals surface area contributed by atoms with E-state index in [0.717, 1.165) is 33.7 Å². The molecular formula is C24H21ClN4O2. The highest BCUT2D eigenvalue weighted by Gasteiger charge is 2.17. The smallest absolute Gasteiger partial charge is 0.323 e. The van der Waals surface area contributed by atoms with Crippen LogP contribution in [0.15, 0.2) is 76.7 Å². The second-order valence-electron chi connectivity index (χ2n) is 7.13. The number of nitrogens with one attached hydrogen (secondary N) is 2. The number of hydrogen-bond acceptors (Lipinski definition) is 5. The summed E-state index contributed by atoms with van der Waals surface area (Å²) >= 11 is 6.23. The molecule has 0 aromatic heterocycles. The third-order valence-corrected chi connectivity index (χ3v) is 5.11. The number of hydrogen-bond donors (Lipinski definition) is 2. The summed E-state index contributed by atoms with van der Waals surface area (Å²) in [4.78, 5) is 26.8. The first-order chi connectivity index (χ1) is 15.0. The second-order valence-corrected chi connectivity index (χ2v) is 7.57. The first kappa shape index (κ1) is 20.6. The molecule has 1 heterocycles. The number of fused-ring (bicyclic) bond motifs is 1. The number of amidine groups is 1. The number of rotatable bonds is 2. The third kappa shape index (κ3) is 4.75. The average Bonchev–Trinajstić information content (AvgIpc) is 2.94. The van der Waals surface area contributed by atoms with Crippen molar-refractivity contribution in [2.75, 3.05) is 11.9 Å². The Hall–Kier alpha value is -3.64. The van der Waals surface area contributed by atoms with Crippen LogP contribution < -0.4 is 10.8 Å². The summed E-state index contributed by atoms with van der Waals surface area (Å²) in [5.41, 5.74) is 8.50. The van der Waals surface area contributed by atoms with Crippen LogP contribution in [0.5, 0.6) is 0 Å². The van der Waals surface area contributed by atoms with Gasteiger partial charge in [-0.1, -0.05) is 60.1 Å². The highest BCUT2D eigenvalue weighted by molar-refractivity contribution is 6.31. The first-order valence-corrected chi connectivity index (χ1v) is 10.2. The molecule has 6 nitrogen and oxygen atoms in total. The number of anilines is 1. The van der Waals surface area contributed by atoms with Crippen molar-refractivity contribution in [2.24, 2.45) is 9.98 Å². The topological polar surface area (TPSA) is 75.1 Å². The number of carbonyl (C=O) groups excluding carboxylic acids is 1. The minimum absolute atomic E-state index is 0.215. The molecule has 0 bridgehead atoms. The Bertz CT molecular complexity index is 1170. The summed E-state index contributed by atoms with van der Waals surface area (Å²) in [7, 11) is 0. The number of amides is 1. The fourth-order valence-electron chi connectivity index (χ4n) is 3.36. The van der Waals surface area contributed by atoms with E-state index < -0.39 is 6.09 Å². The van der Waals surface area contributed by atoms with Crippen LogP contribution >= 0.6 is 11.6 Å². The van der Waals surface area contributed by atoms with Crippen molar-refractivity contribution in [1.29, 1.82) is 0 Å². The van der Waals surface area contributed by atoms with Gasteiger partial charge in [-0.25, -0.2) is 15.3 Å². The van der Waals surface area contributed by atoms with Gasteiger partial charge in [0.2, 0.25) is 0 Å². The van der Waals surface area contributed by atoms with Crippen LogP contribution in [0.3, 0.4) is 0 Å². The number of benzene rings is 3. The lowest BCUT2D eigenvalue weighted by Crippen LogP contribution is -2.31. The molecule has 7 heteroatoms. The lowest BCUT2D eigenvalue weighted by molar-refractivity contribution is 0.134. The van der Waals surface area contributed by atoms with E-state index in [1.165, 1.54) is 0 Å². The van der Waals surface area contributed by atoms with Gasteiger partial charge in [0, 0.05) is 21.8 Å². The Morgan fingerprint density at radius 2 is 1.74 bits per heavy atom. The molecule has 0 saturated heterocycles. The maximum Gasteiger partial charge on any atom is 0.435 e. The molecule has 0 aliphatic carbocycles. The highest BCUT2D eigenvalue weighted by Crippen LogP contribution is 2.28. The quantitative estimate of drug-likeness (QED) is 0.518. The van der Waals surface area contributed by atoms with Crippen molar-refractivity contribution >= 4 is 40.6 Å². The summed E-state index contributed by atoms with van der Waals surface area (Å²) < 4.78 is 0. The Labute approximate surface area is 185 Å². The van der Waals surface area contributed by atoms with Gasteiger partial charge in [-0.05, 0) is 43.2 Å². The molecule has 1 aliphatic rings. The molecule has 3 aromatic rings. The lowest BCUT2D eigenvalue weighted by atomic mass is 10.0. The van der Waals surface area contributed by atoms with Crippen molar-refractivity contribution < 1.29 is 9.63 Å². The summed E-state index contributed by atoms with van der Waals surface area (Å²) in [5.74, 6) is 0.408. The van der Waals surface area contributed by atoms with Crippen molar-refractivity contribution in [3.63, 3.8) is 0 Å². The van der Waals surface area contributed by atoms with Crippen LogP contribution in [0.2, 0.25) is 5.02 Å². The van der Waals surface area contributed by atoms with Crippen molar-refractivity contribution in [3.8, 4) is 0 Å². The van der Waals surface area contributed by atoms with Crippen molar-refractivity contribution in [3.05, 3.63) is 94.0 Å². The van der Waals surface area contributed by atoms with Crippen LogP contribution in [-0.2, 0) is 4.84 Å². The largest absolute Gasteiger partial charge is 0.435 e. The SMILES string of the molecule is Cc1cccc(C)c1NC(=O)ONC1=Nc2ccc(Cl)cc2C(c2ccccc2)=NC1. The summed E-state index contributed by atoms with van der Waals surface area (Å²) in [5, 5.41) is 3.36. The van der Waals surface area contributed by atoms with Gasteiger partial charge in [0.25, 0.3) is 0 Å². The molecule has 0 unspecified atom stereocenters. The molecular weight excluding hydrogens is 412 g/mol. The zero-order chi connectivity index (χ0) is 21.8. The number of aryl methyl sites for hydroxylation is 2. The number of nitrogens with zero attached hydrogens (tertiary/aromatic N) is 2. The molecule has 3 aromatic carbocycles. The molecule has 1 amide bonds. The number of hydroxylamine groups is 1. The number of halogens is 1. The monoisotopic (exact) mass is 432 g/mol. The van der Waals surface area contributed by atoms with E-state index in [9.17, 15) is 4.79 Å². The molecule has 1 aliphatic heterocycles. The standard InChI is InChI=1S/C24H21ClN4O2/c1-15-7-6-8-16(2)22(15)28-24(30)31-29-21-14-26-23(17-9-4-3-5-10-17)19-13-18(25)11-12-20(19)27-21/h3-13H,14H2,1-2H3,(H,27,29)(H,28,30). The summed E-state index contributed by atoms with van der Waals surface area (Å²) in [6.45, 7) is 4.06. The minimum Gasteiger partial charge on any atom is -0.323 e.